The fourth-order valence-electron chi connectivity index (χ4n) is 2.17. The summed E-state index contributed by atoms with van der Waals surface area (Å²) in [5.41, 5.74) is 0.240. The number of nitrogens with one attached hydrogen (secondary N) is 1. The van der Waals surface area contributed by atoms with Crippen LogP contribution in [-0.2, 0) is 16.6 Å². The molecule has 21 heavy (non-hydrogen) atoms. The third kappa shape index (κ3) is 3.94. The highest BCUT2D eigenvalue weighted by molar-refractivity contribution is 7.89. The molecule has 0 radical (unpaired) electrons. The van der Waals surface area contributed by atoms with Crippen molar-refractivity contribution in [2.45, 2.75) is 44.7 Å². The standard InChI is InChI=1S/C14H22ClFN2O2S/c1-5-10(3)18(6-2)21(19,20)13-8-12(15)7-11(9-17-4)14(13)16/h7-8,10,17H,5-6,9H2,1-4H3. The Morgan fingerprint density at radius 3 is 2.48 bits per heavy atom. The van der Waals surface area contributed by atoms with E-state index in [4.69, 9.17) is 11.6 Å². The summed E-state index contributed by atoms with van der Waals surface area (Å²) in [6.45, 7) is 5.93. The number of nitrogens with zero attached hydrogens (tertiary/aromatic N) is 1. The van der Waals surface area contributed by atoms with Gasteiger partial charge in [-0.25, -0.2) is 12.8 Å². The first-order chi connectivity index (χ1) is 9.79. The minimum Gasteiger partial charge on any atom is -0.316 e. The second-order valence-electron chi connectivity index (χ2n) is 4.87. The van der Waals surface area contributed by atoms with E-state index in [1.807, 2.05) is 6.92 Å². The van der Waals surface area contributed by atoms with Crippen LogP contribution in [0.5, 0.6) is 0 Å². The van der Waals surface area contributed by atoms with Gasteiger partial charge in [-0.15, -0.1) is 0 Å². The summed E-state index contributed by atoms with van der Waals surface area (Å²) in [5.74, 6) is -0.740. The molecule has 1 aromatic carbocycles. The molecule has 1 unspecified atom stereocenters. The Labute approximate surface area is 131 Å². The summed E-state index contributed by atoms with van der Waals surface area (Å²) in [6, 6.07) is 2.41. The molecule has 0 aromatic heterocycles. The highest BCUT2D eigenvalue weighted by Gasteiger charge is 2.30. The van der Waals surface area contributed by atoms with Crippen molar-refractivity contribution >= 4 is 21.6 Å². The first-order valence-electron chi connectivity index (χ1n) is 6.93. The molecule has 0 bridgehead atoms. The van der Waals surface area contributed by atoms with Gasteiger partial charge in [0.1, 0.15) is 10.7 Å². The molecular formula is C14H22ClFN2O2S. The third-order valence-electron chi connectivity index (χ3n) is 3.43. The number of sulfonamides is 1. The molecule has 0 amide bonds. The lowest BCUT2D eigenvalue weighted by Crippen LogP contribution is -2.38. The van der Waals surface area contributed by atoms with Crippen molar-refractivity contribution in [3.8, 4) is 0 Å². The normalized spacial score (nSPS) is 13.7. The van der Waals surface area contributed by atoms with E-state index in [-0.39, 0.29) is 34.6 Å². The van der Waals surface area contributed by atoms with Crippen molar-refractivity contribution in [2.75, 3.05) is 13.6 Å². The highest BCUT2D eigenvalue weighted by Crippen LogP contribution is 2.27. The highest BCUT2D eigenvalue weighted by atomic mass is 35.5. The molecule has 1 rings (SSSR count). The number of hydrogen-bond donors (Lipinski definition) is 1. The Kier molecular flexibility index (Phi) is 6.59. The number of hydrogen-bond acceptors (Lipinski definition) is 3. The first-order valence-corrected chi connectivity index (χ1v) is 8.75. The van der Waals surface area contributed by atoms with E-state index < -0.39 is 15.8 Å². The van der Waals surface area contributed by atoms with Crippen LogP contribution in [0.15, 0.2) is 17.0 Å². The van der Waals surface area contributed by atoms with Crippen molar-refractivity contribution < 1.29 is 12.8 Å². The topological polar surface area (TPSA) is 49.4 Å². The van der Waals surface area contributed by atoms with Crippen LogP contribution in [0.2, 0.25) is 5.02 Å². The Bertz CT molecular complexity index is 593. The Hall–Kier alpha value is -0.690. The zero-order valence-electron chi connectivity index (χ0n) is 12.8. The molecule has 0 aliphatic rings. The van der Waals surface area contributed by atoms with E-state index in [0.29, 0.717) is 6.42 Å². The maximum absolute atomic E-state index is 14.5. The molecule has 0 spiro atoms. The second kappa shape index (κ2) is 7.54. The minimum absolute atomic E-state index is 0.203. The van der Waals surface area contributed by atoms with Gasteiger partial charge >= 0.3 is 0 Å². The van der Waals surface area contributed by atoms with Gasteiger partial charge in [0.15, 0.2) is 0 Å². The number of halogens is 2. The summed E-state index contributed by atoms with van der Waals surface area (Å²) in [5, 5.41) is 3.01. The second-order valence-corrected chi connectivity index (χ2v) is 7.17. The molecule has 0 saturated carbocycles. The summed E-state index contributed by atoms with van der Waals surface area (Å²) in [6.07, 6.45) is 0.651. The van der Waals surface area contributed by atoms with Crippen LogP contribution in [0.3, 0.4) is 0 Å². The molecule has 7 heteroatoms. The fourth-order valence-corrected chi connectivity index (χ4v) is 4.33. The van der Waals surface area contributed by atoms with Crippen LogP contribution >= 0.6 is 11.6 Å². The zero-order chi connectivity index (χ0) is 16.2. The quantitative estimate of drug-likeness (QED) is 0.832. The lowest BCUT2D eigenvalue weighted by Gasteiger charge is -2.26. The molecule has 0 aliphatic carbocycles. The smallest absolute Gasteiger partial charge is 0.246 e. The van der Waals surface area contributed by atoms with Crippen molar-refractivity contribution in [2.24, 2.45) is 0 Å². The van der Waals surface area contributed by atoms with E-state index in [1.165, 1.54) is 16.4 Å². The molecule has 4 nitrogen and oxygen atoms in total. The van der Waals surface area contributed by atoms with Gasteiger partial charge in [0.2, 0.25) is 10.0 Å². The predicted molar refractivity (Wildman–Crippen MR) is 83.5 cm³/mol. The SMILES string of the molecule is CCC(C)N(CC)S(=O)(=O)c1cc(Cl)cc(CNC)c1F. The first kappa shape index (κ1) is 18.4. The van der Waals surface area contributed by atoms with E-state index in [9.17, 15) is 12.8 Å². The van der Waals surface area contributed by atoms with Crippen LogP contribution in [0.1, 0.15) is 32.8 Å². The van der Waals surface area contributed by atoms with Gasteiger partial charge in [-0.05, 0) is 32.5 Å². The summed E-state index contributed by atoms with van der Waals surface area (Å²) >= 11 is 5.95. The molecular weight excluding hydrogens is 315 g/mol. The molecule has 1 N–H and O–H groups in total. The van der Waals surface area contributed by atoms with E-state index in [0.717, 1.165) is 0 Å². The molecule has 0 heterocycles. The average Bonchev–Trinajstić information content (AvgIpc) is 2.42. The molecule has 1 aromatic rings. The number of benzene rings is 1. The van der Waals surface area contributed by atoms with Gasteiger partial charge in [0, 0.05) is 29.7 Å². The average molecular weight is 337 g/mol. The lowest BCUT2D eigenvalue weighted by molar-refractivity contribution is 0.340. The van der Waals surface area contributed by atoms with E-state index in [2.05, 4.69) is 5.32 Å². The minimum atomic E-state index is -3.91. The van der Waals surface area contributed by atoms with E-state index >= 15 is 0 Å². The Morgan fingerprint density at radius 2 is 2.00 bits per heavy atom. The summed E-state index contributed by atoms with van der Waals surface area (Å²) < 4.78 is 41.2. The van der Waals surface area contributed by atoms with Gasteiger partial charge in [-0.2, -0.15) is 4.31 Å². The Balaban J connectivity index is 3.43. The Morgan fingerprint density at radius 1 is 1.38 bits per heavy atom. The van der Waals surface area contributed by atoms with Crippen LogP contribution in [0.25, 0.3) is 0 Å². The monoisotopic (exact) mass is 336 g/mol. The molecule has 1 atom stereocenters. The van der Waals surface area contributed by atoms with Crippen LogP contribution in [0.4, 0.5) is 4.39 Å². The van der Waals surface area contributed by atoms with E-state index in [1.54, 1.807) is 20.9 Å². The lowest BCUT2D eigenvalue weighted by atomic mass is 10.2. The fraction of sp³-hybridized carbons (Fsp3) is 0.571. The largest absolute Gasteiger partial charge is 0.316 e. The van der Waals surface area contributed by atoms with Crippen LogP contribution in [0, 0.1) is 5.82 Å². The molecule has 0 fully saturated rings. The third-order valence-corrected chi connectivity index (χ3v) is 5.73. The summed E-state index contributed by atoms with van der Waals surface area (Å²) in [7, 11) is -2.25. The molecule has 120 valence electrons. The summed E-state index contributed by atoms with van der Waals surface area (Å²) in [4.78, 5) is -0.359. The maximum atomic E-state index is 14.5. The predicted octanol–water partition coefficient (Wildman–Crippen LogP) is 3.01. The van der Waals surface area contributed by atoms with Gasteiger partial charge in [0.05, 0.1) is 0 Å². The number of rotatable bonds is 7. The van der Waals surface area contributed by atoms with Crippen molar-refractivity contribution in [1.82, 2.24) is 9.62 Å². The molecule has 0 aliphatic heterocycles. The maximum Gasteiger partial charge on any atom is 0.246 e. The van der Waals surface area contributed by atoms with Crippen LogP contribution < -0.4 is 5.32 Å². The van der Waals surface area contributed by atoms with Crippen molar-refractivity contribution in [3.63, 3.8) is 0 Å². The molecule has 0 saturated heterocycles. The van der Waals surface area contributed by atoms with Crippen molar-refractivity contribution in [1.29, 1.82) is 0 Å². The zero-order valence-corrected chi connectivity index (χ0v) is 14.4. The van der Waals surface area contributed by atoms with Crippen molar-refractivity contribution in [3.05, 3.63) is 28.5 Å². The van der Waals surface area contributed by atoms with Gasteiger partial charge in [-0.1, -0.05) is 25.4 Å². The van der Waals surface area contributed by atoms with Gasteiger partial charge in [-0.3, -0.25) is 0 Å². The van der Waals surface area contributed by atoms with Gasteiger partial charge < -0.3 is 5.32 Å². The van der Waals surface area contributed by atoms with Gasteiger partial charge in [0.25, 0.3) is 0 Å². The van der Waals surface area contributed by atoms with Crippen LogP contribution in [-0.4, -0.2) is 32.4 Å².